The molecule has 556 valence electrons. The molecule has 101 heavy (non-hydrogen) atoms. The maximum Gasteiger partial charge on any atom is 0.245 e. The van der Waals surface area contributed by atoms with Gasteiger partial charge in [0.1, 0.15) is 42.0 Å². The molecule has 6 unspecified atom stereocenters. The van der Waals surface area contributed by atoms with Crippen LogP contribution >= 0.6 is 68.0 Å². The number of hydrogen-bond donors (Lipinski definition) is 6. The zero-order valence-corrected chi connectivity index (χ0v) is 67.1. The first-order valence-corrected chi connectivity index (χ1v) is 40.5. The number of nitrogens with zero attached hydrogens (tertiary/aromatic N) is 7. The summed E-state index contributed by atoms with van der Waals surface area (Å²) in [5, 5.41) is 31.2. The van der Waals surface area contributed by atoms with Gasteiger partial charge >= 0.3 is 0 Å². The number of Topliss-reactive ketones (excluding diaryl/α,β-unsaturated/α-hetero) is 1. The van der Waals surface area contributed by atoms with Gasteiger partial charge in [-0.3, -0.25) is 33.6 Å². The third-order valence-electron chi connectivity index (χ3n) is 18.7. The SMILES string of the molecule is CCN1CCc2ccsc2C(NC)C1=O.CNC1C(=O)N(C(C)(C)C)CCc2ccsc21.CNC1C(=O)N(CC(C)=O)CCc2ccsc21.CNC1C(=O)N(CC(C)C)CCc2ccsc21.CNC1C(=O)N(CCN(C)C)CCc2ccsc21.CNC1C(=O)N(CCOC)CCc2ccsc21. The molecule has 0 saturated heterocycles. The lowest BCUT2D eigenvalue weighted by atomic mass is 10.0. The number of carbonyl (C=O) groups is 7. The van der Waals surface area contributed by atoms with Crippen LogP contribution in [0.3, 0.4) is 0 Å². The molecule has 0 aliphatic carbocycles. The minimum Gasteiger partial charge on any atom is -0.383 e. The fourth-order valence-corrected chi connectivity index (χ4v) is 19.6. The van der Waals surface area contributed by atoms with E-state index in [1.165, 1.54) is 59.8 Å². The molecule has 12 rings (SSSR count). The minimum absolute atomic E-state index is 0.00361. The van der Waals surface area contributed by atoms with Gasteiger partial charge in [0.15, 0.2) is 0 Å². The number of thiophene rings is 6. The van der Waals surface area contributed by atoms with Crippen molar-refractivity contribution < 1.29 is 38.3 Å². The van der Waals surface area contributed by atoms with Crippen LogP contribution in [0.15, 0.2) is 68.7 Å². The summed E-state index contributed by atoms with van der Waals surface area (Å²) in [4.78, 5) is 106. The molecule has 0 radical (unpaired) electrons. The van der Waals surface area contributed by atoms with Gasteiger partial charge in [0.25, 0.3) is 0 Å². The van der Waals surface area contributed by atoms with Crippen molar-refractivity contribution in [3.05, 3.63) is 131 Å². The van der Waals surface area contributed by atoms with Gasteiger partial charge in [0, 0.05) is 114 Å². The summed E-state index contributed by atoms with van der Waals surface area (Å²) in [7, 11) is 16.8. The van der Waals surface area contributed by atoms with E-state index in [4.69, 9.17) is 4.74 Å². The molecule has 0 bridgehead atoms. The second-order valence-corrected chi connectivity index (χ2v) is 33.0. The molecule has 6 aliphatic heterocycles. The molecule has 6 atom stereocenters. The number of fused-ring (bicyclic) bond motifs is 6. The topological polar surface area (TPSA) is 224 Å². The van der Waals surface area contributed by atoms with Crippen molar-refractivity contribution in [3.63, 3.8) is 0 Å². The quantitative estimate of drug-likeness (QED) is 0.0503. The van der Waals surface area contributed by atoms with E-state index in [9.17, 15) is 33.6 Å². The lowest BCUT2D eigenvalue weighted by Crippen LogP contribution is -2.49. The molecule has 6 aliphatic rings. The van der Waals surface area contributed by atoms with Crippen molar-refractivity contribution in [3.8, 4) is 0 Å². The molecule has 6 aromatic heterocycles. The predicted molar refractivity (Wildman–Crippen MR) is 415 cm³/mol. The second-order valence-electron chi connectivity index (χ2n) is 27.4. The number of ketones is 1. The first-order valence-electron chi connectivity index (χ1n) is 35.2. The summed E-state index contributed by atoms with van der Waals surface area (Å²) in [5.41, 5.74) is 7.68. The van der Waals surface area contributed by atoms with Crippen molar-refractivity contribution in [2.45, 2.75) is 129 Å². The molecule has 12 heterocycles. The van der Waals surface area contributed by atoms with Crippen LogP contribution in [-0.4, -0.2) is 230 Å². The summed E-state index contributed by atoms with van der Waals surface area (Å²) in [6.07, 6.45) is 5.66. The molecule has 0 saturated carbocycles. The van der Waals surface area contributed by atoms with Gasteiger partial charge in [-0.25, -0.2) is 0 Å². The van der Waals surface area contributed by atoms with Crippen LogP contribution < -0.4 is 31.9 Å². The van der Waals surface area contributed by atoms with Crippen molar-refractivity contribution in [1.82, 2.24) is 66.2 Å². The smallest absolute Gasteiger partial charge is 0.245 e. The van der Waals surface area contributed by atoms with Crippen molar-refractivity contribution in [1.29, 1.82) is 0 Å². The highest BCUT2D eigenvalue weighted by Crippen LogP contribution is 2.36. The van der Waals surface area contributed by atoms with E-state index < -0.39 is 0 Å². The third-order valence-corrected chi connectivity index (χ3v) is 24.9. The Hall–Kier alpha value is -5.63. The van der Waals surface area contributed by atoms with E-state index >= 15 is 0 Å². The number of hydrogen-bond acceptors (Lipinski definition) is 21. The average Bonchev–Trinajstić information content (AvgIpc) is 1.73. The predicted octanol–water partition coefficient (Wildman–Crippen LogP) is 8.63. The van der Waals surface area contributed by atoms with E-state index in [1.807, 2.05) is 86.1 Å². The number of rotatable bonds is 17. The van der Waals surface area contributed by atoms with Gasteiger partial charge in [0.05, 0.1) is 13.2 Å². The van der Waals surface area contributed by atoms with Gasteiger partial charge in [-0.1, -0.05) is 13.8 Å². The van der Waals surface area contributed by atoms with Crippen LogP contribution in [0.4, 0.5) is 0 Å². The summed E-state index contributed by atoms with van der Waals surface area (Å²) in [6, 6.07) is 11.7. The van der Waals surface area contributed by atoms with E-state index in [0.29, 0.717) is 25.6 Å². The lowest BCUT2D eigenvalue weighted by molar-refractivity contribution is -0.138. The van der Waals surface area contributed by atoms with E-state index in [2.05, 4.69) is 135 Å². The zero-order chi connectivity index (χ0) is 73.7. The largest absolute Gasteiger partial charge is 0.383 e. The molecule has 0 spiro atoms. The van der Waals surface area contributed by atoms with Gasteiger partial charge in [-0.15, -0.1) is 68.0 Å². The normalized spacial score (nSPS) is 20.6. The molecule has 6 aromatic rings. The van der Waals surface area contributed by atoms with Crippen LogP contribution in [0.1, 0.15) is 147 Å². The summed E-state index contributed by atoms with van der Waals surface area (Å²) in [5.74, 6) is 1.55. The van der Waals surface area contributed by atoms with Crippen LogP contribution in [0.25, 0.3) is 0 Å². The standard InChI is InChI=1S/C13H21N3OS.2C13H20N2OS.C12H18N2O2S.C12H16N2O2S.C11H16N2OS/c1-14-11-12-10(5-9-18-12)4-6-16(13(11)17)8-7-15(2)3;1-13(2,3)15-7-5-9-6-8-17-11(9)10(14-4)12(15)16;1-9(2)8-15-6-4-10-5-7-17-12(10)11(14-3)13(15)16;1-13-10-11-9(4-8-17-11)3-5-14(12(10)15)6-7-16-2;1-8(15)7-14-5-3-9-4-6-17-11(9)10(13-2)12(14)16;1-3-13-6-4-8-5-7-15-10(8)9(12-2)11(13)14/h5,9,11,14H,4,6-8H2,1-3H3;6,8,10,14H,5,7H2,1-4H3;5,7,9,11,14H,4,6,8H2,1-3H3;4,8,10,13H,3,5-7H2,1-2H3;4,6,10,13H,3,5,7H2,1-2H3;5,7,9,12H,3-4,6H2,1-2H3. The van der Waals surface area contributed by atoms with Crippen LogP contribution in [-0.2, 0) is 76.8 Å². The van der Waals surface area contributed by atoms with Gasteiger partial charge in [0.2, 0.25) is 35.4 Å². The average molecular weight is 1500 g/mol. The lowest BCUT2D eigenvalue weighted by Gasteiger charge is -2.36. The first kappa shape index (κ1) is 82.7. The number of amides is 6. The Morgan fingerprint density at radius 1 is 0.465 bits per heavy atom. The van der Waals surface area contributed by atoms with Gasteiger partial charge in [-0.2, -0.15) is 0 Å². The van der Waals surface area contributed by atoms with Crippen molar-refractivity contribution in [2.24, 2.45) is 5.92 Å². The molecular weight excluding hydrogens is 1390 g/mol. The highest BCUT2D eigenvalue weighted by Gasteiger charge is 2.38. The molecule has 21 nitrogen and oxygen atoms in total. The fourth-order valence-electron chi connectivity index (χ4n) is 13.3. The summed E-state index contributed by atoms with van der Waals surface area (Å²) >= 11 is 9.98. The number of methoxy groups -OCH3 is 1. The minimum atomic E-state index is -0.299. The Balaban J connectivity index is 0.000000170. The third kappa shape index (κ3) is 21.5. The molecule has 6 N–H and O–H groups in total. The first-order chi connectivity index (χ1) is 48.4. The van der Waals surface area contributed by atoms with Crippen molar-refractivity contribution >= 4 is 109 Å². The number of likely N-dealkylation sites (N-methyl/N-ethyl adjacent to an activating group) is 8. The molecule has 6 amide bonds. The second kappa shape index (κ2) is 40.0. The van der Waals surface area contributed by atoms with E-state index in [0.717, 1.165) is 107 Å². The monoisotopic (exact) mass is 1500 g/mol. The van der Waals surface area contributed by atoms with E-state index in [1.54, 1.807) is 87.1 Å². The Morgan fingerprint density at radius 3 is 1.06 bits per heavy atom. The van der Waals surface area contributed by atoms with Gasteiger partial charge < -0.3 is 70.9 Å². The molecule has 0 fully saturated rings. The maximum absolute atomic E-state index is 12.6. The van der Waals surface area contributed by atoms with Crippen molar-refractivity contribution in [2.75, 3.05) is 149 Å². The summed E-state index contributed by atoms with van der Waals surface area (Å²) < 4.78 is 5.05. The van der Waals surface area contributed by atoms with E-state index in [-0.39, 0.29) is 89.6 Å². The zero-order valence-electron chi connectivity index (χ0n) is 62.3. The summed E-state index contributed by atoms with van der Waals surface area (Å²) in [6.45, 7) is 23.7. The van der Waals surface area contributed by atoms with Crippen LogP contribution in [0.2, 0.25) is 0 Å². The maximum atomic E-state index is 12.6. The highest BCUT2D eigenvalue weighted by atomic mass is 32.1. The molecular formula is C74H111N13O8S6. The Labute approximate surface area is 624 Å². The number of carbonyl (C=O) groups excluding carboxylic acids is 7. The number of nitrogens with one attached hydrogen (secondary N) is 6. The Kier molecular flexibility index (Phi) is 32.8. The molecule has 27 heteroatoms. The Bertz CT molecular complexity index is 3620. The Morgan fingerprint density at radius 2 is 0.752 bits per heavy atom. The van der Waals surface area contributed by atoms with Gasteiger partial charge in [-0.05, 0) is 238 Å². The number of ether oxygens (including phenoxy) is 1. The van der Waals surface area contributed by atoms with Crippen LogP contribution in [0, 0.1) is 5.92 Å². The fraction of sp³-hybridized carbons (Fsp3) is 0.581. The molecule has 0 aromatic carbocycles. The van der Waals surface area contributed by atoms with Crippen LogP contribution in [0.5, 0.6) is 0 Å². The highest BCUT2D eigenvalue weighted by molar-refractivity contribution is 7.11.